The standard InChI is InChI=1S/C18H28N2S/c1-21-18-8-7-17(13-18)19-16-9-11-20(12-10-16)14-15-5-3-2-4-6-15/h2-6,16-19H,7-14H2,1H3/t17-,18-/m0/s1. The molecule has 3 rings (SSSR count). The molecule has 2 nitrogen and oxygen atoms in total. The zero-order valence-electron chi connectivity index (χ0n) is 13.1. The van der Waals surface area contributed by atoms with E-state index in [4.69, 9.17) is 0 Å². The molecule has 116 valence electrons. The summed E-state index contributed by atoms with van der Waals surface area (Å²) >= 11 is 2.05. The number of piperidine rings is 1. The van der Waals surface area contributed by atoms with Gasteiger partial charge in [0.15, 0.2) is 0 Å². The fourth-order valence-electron chi connectivity index (χ4n) is 3.74. The first-order valence-electron chi connectivity index (χ1n) is 8.38. The van der Waals surface area contributed by atoms with Crippen molar-refractivity contribution in [1.29, 1.82) is 0 Å². The molecule has 0 aromatic heterocycles. The summed E-state index contributed by atoms with van der Waals surface area (Å²) in [6, 6.07) is 12.4. The number of likely N-dealkylation sites (tertiary alicyclic amines) is 1. The normalized spacial score (nSPS) is 28.0. The van der Waals surface area contributed by atoms with Crippen LogP contribution >= 0.6 is 11.8 Å². The lowest BCUT2D eigenvalue weighted by Gasteiger charge is -2.34. The van der Waals surface area contributed by atoms with E-state index in [0.717, 1.165) is 23.9 Å². The molecule has 1 aliphatic heterocycles. The Hall–Kier alpha value is -0.510. The van der Waals surface area contributed by atoms with Crippen molar-refractivity contribution in [2.24, 2.45) is 0 Å². The van der Waals surface area contributed by atoms with Crippen molar-refractivity contribution in [2.75, 3.05) is 19.3 Å². The van der Waals surface area contributed by atoms with Crippen molar-refractivity contribution in [2.45, 2.75) is 56.0 Å². The van der Waals surface area contributed by atoms with E-state index in [0.29, 0.717) is 0 Å². The van der Waals surface area contributed by atoms with Crippen molar-refractivity contribution in [1.82, 2.24) is 10.2 Å². The fourth-order valence-corrected chi connectivity index (χ4v) is 4.53. The Morgan fingerprint density at radius 3 is 2.48 bits per heavy atom. The first kappa shape index (κ1) is 15.4. The van der Waals surface area contributed by atoms with Gasteiger partial charge in [-0.05, 0) is 57.0 Å². The van der Waals surface area contributed by atoms with Gasteiger partial charge in [0.2, 0.25) is 0 Å². The third-order valence-corrected chi connectivity index (χ3v) is 6.12. The van der Waals surface area contributed by atoms with Gasteiger partial charge in [-0.15, -0.1) is 0 Å². The van der Waals surface area contributed by atoms with Crippen LogP contribution in [0.15, 0.2) is 30.3 Å². The van der Waals surface area contributed by atoms with Gasteiger partial charge in [0.1, 0.15) is 0 Å². The summed E-state index contributed by atoms with van der Waals surface area (Å²) in [5, 5.41) is 4.83. The van der Waals surface area contributed by atoms with Gasteiger partial charge in [-0.2, -0.15) is 11.8 Å². The van der Waals surface area contributed by atoms with E-state index in [2.05, 4.69) is 58.6 Å². The zero-order chi connectivity index (χ0) is 14.5. The molecular weight excluding hydrogens is 276 g/mol. The van der Waals surface area contributed by atoms with Gasteiger partial charge in [-0.1, -0.05) is 30.3 Å². The average Bonchev–Trinajstić information content (AvgIpc) is 2.98. The lowest BCUT2D eigenvalue weighted by Crippen LogP contribution is -2.45. The van der Waals surface area contributed by atoms with Crippen LogP contribution in [0.1, 0.15) is 37.7 Å². The van der Waals surface area contributed by atoms with Gasteiger partial charge in [0.25, 0.3) is 0 Å². The van der Waals surface area contributed by atoms with E-state index in [1.165, 1.54) is 50.8 Å². The monoisotopic (exact) mass is 304 g/mol. The molecule has 3 heteroatoms. The summed E-state index contributed by atoms with van der Waals surface area (Å²) in [6.07, 6.45) is 9.06. The Morgan fingerprint density at radius 1 is 1.05 bits per heavy atom. The van der Waals surface area contributed by atoms with Crippen molar-refractivity contribution in [3.05, 3.63) is 35.9 Å². The Balaban J connectivity index is 1.39. The first-order chi connectivity index (χ1) is 10.3. The zero-order valence-corrected chi connectivity index (χ0v) is 13.9. The quantitative estimate of drug-likeness (QED) is 0.896. The van der Waals surface area contributed by atoms with Gasteiger partial charge in [0, 0.05) is 23.9 Å². The number of nitrogens with one attached hydrogen (secondary N) is 1. The summed E-state index contributed by atoms with van der Waals surface area (Å²) in [5.74, 6) is 0. The second kappa shape index (κ2) is 7.66. The highest BCUT2D eigenvalue weighted by molar-refractivity contribution is 7.99. The lowest BCUT2D eigenvalue weighted by molar-refractivity contribution is 0.184. The maximum Gasteiger partial charge on any atom is 0.0233 e. The van der Waals surface area contributed by atoms with Crippen LogP contribution in [0.2, 0.25) is 0 Å². The summed E-state index contributed by atoms with van der Waals surface area (Å²) in [5.41, 5.74) is 1.45. The highest BCUT2D eigenvalue weighted by Crippen LogP contribution is 2.29. The Bertz CT molecular complexity index is 414. The molecule has 1 saturated heterocycles. The van der Waals surface area contributed by atoms with Crippen LogP contribution in [0.3, 0.4) is 0 Å². The third-order valence-electron chi connectivity index (χ3n) is 5.03. The second-order valence-electron chi connectivity index (χ2n) is 6.57. The lowest BCUT2D eigenvalue weighted by atomic mass is 10.0. The van der Waals surface area contributed by atoms with E-state index in [-0.39, 0.29) is 0 Å². The maximum absolute atomic E-state index is 3.93. The SMILES string of the molecule is CS[C@H]1CC[C@H](NC2CCN(Cc3ccccc3)CC2)C1. The maximum atomic E-state index is 3.93. The van der Waals surface area contributed by atoms with Gasteiger partial charge >= 0.3 is 0 Å². The molecule has 1 heterocycles. The third kappa shape index (κ3) is 4.48. The van der Waals surface area contributed by atoms with E-state index in [9.17, 15) is 0 Å². The molecule has 2 fully saturated rings. The first-order valence-corrected chi connectivity index (χ1v) is 9.67. The molecule has 1 aromatic rings. The molecule has 0 amide bonds. The number of hydrogen-bond donors (Lipinski definition) is 1. The summed E-state index contributed by atoms with van der Waals surface area (Å²) in [4.78, 5) is 2.60. The Labute approximate surface area is 133 Å². The number of nitrogens with zero attached hydrogens (tertiary/aromatic N) is 1. The van der Waals surface area contributed by atoms with Crippen LogP contribution < -0.4 is 5.32 Å². The molecule has 2 aliphatic rings. The summed E-state index contributed by atoms with van der Waals surface area (Å²) in [6.45, 7) is 3.60. The molecular formula is C18H28N2S. The molecule has 1 aliphatic carbocycles. The van der Waals surface area contributed by atoms with E-state index >= 15 is 0 Å². The molecule has 21 heavy (non-hydrogen) atoms. The van der Waals surface area contributed by atoms with Crippen LogP contribution in [0, 0.1) is 0 Å². The van der Waals surface area contributed by atoms with Crippen molar-refractivity contribution >= 4 is 11.8 Å². The van der Waals surface area contributed by atoms with Crippen molar-refractivity contribution in [3.8, 4) is 0 Å². The summed E-state index contributed by atoms with van der Waals surface area (Å²) in [7, 11) is 0. The van der Waals surface area contributed by atoms with Crippen LogP contribution in [0.4, 0.5) is 0 Å². The van der Waals surface area contributed by atoms with Crippen LogP contribution in [-0.2, 0) is 6.54 Å². The minimum absolute atomic E-state index is 0.752. The number of hydrogen-bond acceptors (Lipinski definition) is 3. The number of thioether (sulfide) groups is 1. The Morgan fingerprint density at radius 2 is 1.81 bits per heavy atom. The van der Waals surface area contributed by atoms with Crippen molar-refractivity contribution < 1.29 is 0 Å². The highest BCUT2D eigenvalue weighted by Gasteiger charge is 2.27. The second-order valence-corrected chi connectivity index (χ2v) is 7.71. The minimum atomic E-state index is 0.752. The average molecular weight is 305 g/mol. The molecule has 1 saturated carbocycles. The molecule has 2 atom stereocenters. The predicted octanol–water partition coefficient (Wildman–Crippen LogP) is 3.52. The van der Waals surface area contributed by atoms with E-state index < -0.39 is 0 Å². The summed E-state index contributed by atoms with van der Waals surface area (Å²) < 4.78 is 0. The van der Waals surface area contributed by atoms with Crippen molar-refractivity contribution in [3.63, 3.8) is 0 Å². The molecule has 1 aromatic carbocycles. The van der Waals surface area contributed by atoms with Gasteiger partial charge < -0.3 is 5.32 Å². The molecule has 1 N–H and O–H groups in total. The largest absolute Gasteiger partial charge is 0.311 e. The van der Waals surface area contributed by atoms with Gasteiger partial charge in [0.05, 0.1) is 0 Å². The Kier molecular flexibility index (Phi) is 5.61. The fraction of sp³-hybridized carbons (Fsp3) is 0.667. The number of benzene rings is 1. The smallest absolute Gasteiger partial charge is 0.0233 e. The van der Waals surface area contributed by atoms with E-state index in [1.54, 1.807) is 0 Å². The van der Waals surface area contributed by atoms with E-state index in [1.807, 2.05) is 0 Å². The molecule has 0 bridgehead atoms. The molecule has 0 radical (unpaired) electrons. The van der Waals surface area contributed by atoms with Crippen LogP contribution in [-0.4, -0.2) is 41.6 Å². The molecule has 0 unspecified atom stereocenters. The number of rotatable bonds is 5. The topological polar surface area (TPSA) is 15.3 Å². The minimum Gasteiger partial charge on any atom is -0.311 e. The van der Waals surface area contributed by atoms with Crippen LogP contribution in [0.5, 0.6) is 0 Å². The van der Waals surface area contributed by atoms with Gasteiger partial charge in [-0.3, -0.25) is 4.90 Å². The highest BCUT2D eigenvalue weighted by atomic mass is 32.2. The predicted molar refractivity (Wildman–Crippen MR) is 92.8 cm³/mol. The molecule has 0 spiro atoms. The van der Waals surface area contributed by atoms with Gasteiger partial charge in [-0.25, -0.2) is 0 Å². The van der Waals surface area contributed by atoms with Crippen LogP contribution in [0.25, 0.3) is 0 Å².